The fourth-order valence-electron chi connectivity index (χ4n) is 2.69. The van der Waals surface area contributed by atoms with Crippen molar-refractivity contribution in [3.8, 4) is 0 Å². The minimum Gasteiger partial charge on any atom is -0.340 e. The van der Waals surface area contributed by atoms with Crippen molar-refractivity contribution in [2.24, 2.45) is 0 Å². The van der Waals surface area contributed by atoms with E-state index in [2.05, 4.69) is 17.4 Å². The highest BCUT2D eigenvalue weighted by Gasteiger charge is 2.25. The Kier molecular flexibility index (Phi) is 4.24. The van der Waals surface area contributed by atoms with Crippen molar-refractivity contribution in [3.63, 3.8) is 0 Å². The van der Waals surface area contributed by atoms with Crippen molar-refractivity contribution >= 4 is 23.2 Å². The predicted octanol–water partition coefficient (Wildman–Crippen LogP) is 2.45. The summed E-state index contributed by atoms with van der Waals surface area (Å²) >= 11 is 1.37. The number of nitrogens with one attached hydrogen (secondary N) is 1. The maximum atomic E-state index is 12.5. The van der Waals surface area contributed by atoms with Crippen LogP contribution in [0.1, 0.15) is 27.7 Å². The number of rotatable bonds is 3. The number of hydrogen-bond acceptors (Lipinski definition) is 3. The molecular formula is C17H18N2O2S. The molecule has 114 valence electrons. The van der Waals surface area contributed by atoms with Crippen LogP contribution in [0.3, 0.4) is 0 Å². The maximum absolute atomic E-state index is 12.5. The molecule has 2 aromatic rings. The van der Waals surface area contributed by atoms with Gasteiger partial charge in [0.2, 0.25) is 5.91 Å². The van der Waals surface area contributed by atoms with Gasteiger partial charge in [0.25, 0.3) is 5.91 Å². The number of carbonyl (C=O) groups excluding carboxylic acids is 2. The second-order valence-electron chi connectivity index (χ2n) is 5.45. The summed E-state index contributed by atoms with van der Waals surface area (Å²) in [6, 6.07) is 11.3. The van der Waals surface area contributed by atoms with E-state index in [1.54, 1.807) is 13.0 Å². The Hall–Kier alpha value is -2.14. The van der Waals surface area contributed by atoms with Crippen molar-refractivity contribution in [1.29, 1.82) is 0 Å². The molecule has 3 rings (SSSR count). The first-order chi connectivity index (χ1) is 10.6. The van der Waals surface area contributed by atoms with Gasteiger partial charge >= 0.3 is 0 Å². The molecule has 0 saturated heterocycles. The second kappa shape index (κ2) is 6.32. The average molecular weight is 314 g/mol. The van der Waals surface area contributed by atoms with E-state index in [1.165, 1.54) is 22.5 Å². The minimum atomic E-state index is -0.514. The van der Waals surface area contributed by atoms with Crippen LogP contribution < -0.4 is 5.32 Å². The van der Waals surface area contributed by atoms with Crippen molar-refractivity contribution in [1.82, 2.24) is 10.2 Å². The lowest BCUT2D eigenvalue weighted by Gasteiger charge is -2.31. The van der Waals surface area contributed by atoms with Crippen LogP contribution >= 0.6 is 11.3 Å². The molecule has 0 spiro atoms. The van der Waals surface area contributed by atoms with Crippen molar-refractivity contribution in [2.75, 3.05) is 6.54 Å². The third-order valence-corrected chi connectivity index (χ3v) is 4.77. The molecule has 0 unspecified atom stereocenters. The van der Waals surface area contributed by atoms with Gasteiger partial charge in [-0.15, -0.1) is 11.3 Å². The lowest BCUT2D eigenvalue weighted by Crippen LogP contribution is -2.48. The van der Waals surface area contributed by atoms with E-state index in [9.17, 15) is 9.59 Å². The quantitative estimate of drug-likeness (QED) is 0.946. The highest BCUT2D eigenvalue weighted by atomic mass is 32.1. The highest BCUT2D eigenvalue weighted by molar-refractivity contribution is 7.12. The van der Waals surface area contributed by atoms with Gasteiger partial charge in [-0.3, -0.25) is 9.59 Å². The summed E-state index contributed by atoms with van der Waals surface area (Å²) < 4.78 is 0. The summed E-state index contributed by atoms with van der Waals surface area (Å²) in [5.41, 5.74) is 2.50. The molecule has 1 aromatic carbocycles. The molecular weight excluding hydrogens is 296 g/mol. The van der Waals surface area contributed by atoms with E-state index in [0.717, 1.165) is 6.42 Å². The molecule has 1 aliphatic rings. The summed E-state index contributed by atoms with van der Waals surface area (Å²) in [6.07, 6.45) is 0.869. The molecule has 0 saturated carbocycles. The fraction of sp³-hybridized carbons (Fsp3) is 0.294. The van der Waals surface area contributed by atoms with Crippen LogP contribution in [0.4, 0.5) is 0 Å². The molecule has 1 N–H and O–H groups in total. The minimum absolute atomic E-state index is 0.0283. The molecule has 0 radical (unpaired) electrons. The molecule has 1 aromatic heterocycles. The van der Waals surface area contributed by atoms with Gasteiger partial charge in [0, 0.05) is 13.1 Å². The number of amides is 2. The largest absolute Gasteiger partial charge is 0.340 e. The van der Waals surface area contributed by atoms with Crippen molar-refractivity contribution in [2.45, 2.75) is 25.9 Å². The van der Waals surface area contributed by atoms with Crippen LogP contribution in [-0.4, -0.2) is 29.3 Å². The summed E-state index contributed by atoms with van der Waals surface area (Å²) in [7, 11) is 0. The van der Waals surface area contributed by atoms with Gasteiger partial charge < -0.3 is 10.2 Å². The van der Waals surface area contributed by atoms with Gasteiger partial charge in [0.1, 0.15) is 6.04 Å². The summed E-state index contributed by atoms with van der Waals surface area (Å²) in [4.78, 5) is 27.0. The normalized spacial score (nSPS) is 15.0. The first kappa shape index (κ1) is 14.8. The lowest BCUT2D eigenvalue weighted by molar-refractivity contribution is -0.133. The zero-order valence-corrected chi connectivity index (χ0v) is 13.2. The van der Waals surface area contributed by atoms with Gasteiger partial charge in [-0.2, -0.15) is 0 Å². The molecule has 0 aliphatic carbocycles. The summed E-state index contributed by atoms with van der Waals surface area (Å²) in [6.45, 7) is 3.07. The number of hydrogen-bond donors (Lipinski definition) is 1. The van der Waals surface area contributed by atoms with Crippen molar-refractivity contribution < 1.29 is 9.59 Å². The van der Waals surface area contributed by atoms with E-state index in [4.69, 9.17) is 0 Å². The molecule has 22 heavy (non-hydrogen) atoms. The van der Waals surface area contributed by atoms with Crippen LogP contribution in [0.2, 0.25) is 0 Å². The Morgan fingerprint density at radius 1 is 1.18 bits per heavy atom. The second-order valence-corrected chi connectivity index (χ2v) is 6.40. The molecule has 1 aliphatic heterocycles. The Labute approximate surface area is 133 Å². The first-order valence-electron chi connectivity index (χ1n) is 7.35. The summed E-state index contributed by atoms with van der Waals surface area (Å²) in [5.74, 6) is -0.215. The number of thiophene rings is 1. The smallest absolute Gasteiger partial charge is 0.261 e. The number of carbonyl (C=O) groups is 2. The molecule has 0 fully saturated rings. The van der Waals surface area contributed by atoms with Gasteiger partial charge in [-0.05, 0) is 35.9 Å². The summed E-state index contributed by atoms with van der Waals surface area (Å²) in [5, 5.41) is 4.63. The molecule has 5 heteroatoms. The Bertz CT molecular complexity index is 682. The molecule has 1 atom stereocenters. The SMILES string of the molecule is C[C@H](NC(=O)c1cccs1)C(=O)N1CCc2ccccc2C1. The fourth-order valence-corrected chi connectivity index (χ4v) is 3.32. The van der Waals surface area contributed by atoms with Crippen LogP contribution in [0.15, 0.2) is 41.8 Å². The van der Waals surface area contributed by atoms with E-state index in [-0.39, 0.29) is 11.8 Å². The molecule has 4 nitrogen and oxygen atoms in total. The lowest BCUT2D eigenvalue weighted by atomic mass is 9.99. The van der Waals surface area contributed by atoms with Crippen LogP contribution in [0.25, 0.3) is 0 Å². The Balaban J connectivity index is 1.63. The number of benzene rings is 1. The van der Waals surface area contributed by atoms with Crippen LogP contribution in [0, 0.1) is 0 Å². The molecule has 0 bridgehead atoms. The van der Waals surface area contributed by atoms with Gasteiger partial charge in [-0.1, -0.05) is 30.3 Å². The number of fused-ring (bicyclic) bond motifs is 1. The van der Waals surface area contributed by atoms with Gasteiger partial charge in [0.15, 0.2) is 0 Å². The monoisotopic (exact) mass is 314 g/mol. The average Bonchev–Trinajstić information content (AvgIpc) is 3.08. The Morgan fingerprint density at radius 3 is 2.68 bits per heavy atom. The zero-order chi connectivity index (χ0) is 15.5. The van der Waals surface area contributed by atoms with Crippen LogP contribution in [-0.2, 0) is 17.8 Å². The van der Waals surface area contributed by atoms with Gasteiger partial charge in [-0.25, -0.2) is 0 Å². The number of nitrogens with zero attached hydrogens (tertiary/aromatic N) is 1. The molecule has 2 heterocycles. The first-order valence-corrected chi connectivity index (χ1v) is 8.23. The van der Waals surface area contributed by atoms with E-state index in [0.29, 0.717) is 18.0 Å². The predicted molar refractivity (Wildman–Crippen MR) is 86.8 cm³/mol. The maximum Gasteiger partial charge on any atom is 0.261 e. The third-order valence-electron chi connectivity index (χ3n) is 3.91. The Morgan fingerprint density at radius 2 is 1.95 bits per heavy atom. The van der Waals surface area contributed by atoms with Gasteiger partial charge in [0.05, 0.1) is 4.88 Å². The zero-order valence-electron chi connectivity index (χ0n) is 12.4. The highest BCUT2D eigenvalue weighted by Crippen LogP contribution is 2.19. The topological polar surface area (TPSA) is 49.4 Å². The standard InChI is InChI=1S/C17H18N2O2S/c1-12(18-16(20)15-7-4-10-22-15)17(21)19-9-8-13-5-2-3-6-14(13)11-19/h2-7,10,12H,8-9,11H2,1H3,(H,18,20)/t12-/m0/s1. The van der Waals surface area contributed by atoms with Crippen LogP contribution in [0.5, 0.6) is 0 Å². The van der Waals surface area contributed by atoms with Crippen molar-refractivity contribution in [3.05, 3.63) is 57.8 Å². The van der Waals surface area contributed by atoms with E-state index >= 15 is 0 Å². The third kappa shape index (κ3) is 3.04. The van der Waals surface area contributed by atoms with E-state index < -0.39 is 6.04 Å². The van der Waals surface area contributed by atoms with E-state index in [1.807, 2.05) is 28.5 Å². The molecule has 2 amide bonds.